The van der Waals surface area contributed by atoms with Gasteiger partial charge in [0.05, 0.1) is 9.82 Å². The molecular formula is C24H26ClN5O4S. The zero-order valence-corrected chi connectivity index (χ0v) is 21.1. The summed E-state index contributed by atoms with van der Waals surface area (Å²) in [6.45, 7) is 5.57. The van der Waals surface area contributed by atoms with Crippen molar-refractivity contribution < 1.29 is 13.3 Å². The Morgan fingerprint density at radius 1 is 0.971 bits per heavy atom. The summed E-state index contributed by atoms with van der Waals surface area (Å²) in [5.74, 6) is 1.48. The van der Waals surface area contributed by atoms with Crippen LogP contribution in [0.3, 0.4) is 0 Å². The van der Waals surface area contributed by atoms with Gasteiger partial charge in [-0.15, -0.1) is 0 Å². The minimum absolute atomic E-state index is 0.0497. The van der Waals surface area contributed by atoms with Gasteiger partial charge in [-0.2, -0.15) is 4.31 Å². The first-order chi connectivity index (χ1) is 16.6. The Morgan fingerprint density at radius 2 is 1.66 bits per heavy atom. The summed E-state index contributed by atoms with van der Waals surface area (Å²) < 4.78 is 27.9. The number of aryl methyl sites for hydroxylation is 2. The van der Waals surface area contributed by atoms with E-state index in [0.29, 0.717) is 43.3 Å². The first-order valence-electron chi connectivity index (χ1n) is 11.2. The van der Waals surface area contributed by atoms with Gasteiger partial charge in [-0.3, -0.25) is 10.1 Å². The highest BCUT2D eigenvalue weighted by Crippen LogP contribution is 2.27. The number of nitro benzene ring substituents is 1. The molecule has 2 aromatic carbocycles. The van der Waals surface area contributed by atoms with Crippen molar-refractivity contribution in [2.24, 2.45) is 0 Å². The fraction of sp³-hybridized carbons (Fsp3) is 0.333. The van der Waals surface area contributed by atoms with Crippen LogP contribution >= 0.6 is 11.6 Å². The number of nitro groups is 1. The molecule has 1 fully saturated rings. The maximum atomic E-state index is 13.2. The molecule has 2 heterocycles. The average Bonchev–Trinajstić information content (AvgIpc) is 3.09. The first-order valence-corrected chi connectivity index (χ1v) is 13.0. The van der Waals surface area contributed by atoms with Crippen LogP contribution in [0.5, 0.6) is 0 Å². The molecule has 0 radical (unpaired) electrons. The Bertz CT molecular complexity index is 1330. The van der Waals surface area contributed by atoms with Crippen LogP contribution in [-0.4, -0.2) is 53.8 Å². The maximum absolute atomic E-state index is 13.2. The van der Waals surface area contributed by atoms with Crippen molar-refractivity contribution in [2.75, 3.05) is 31.1 Å². The van der Waals surface area contributed by atoms with E-state index in [2.05, 4.69) is 9.88 Å². The Balaban J connectivity index is 1.57. The van der Waals surface area contributed by atoms with Crippen LogP contribution in [0.25, 0.3) is 0 Å². The van der Waals surface area contributed by atoms with Gasteiger partial charge in [0, 0.05) is 61.0 Å². The van der Waals surface area contributed by atoms with Crippen LogP contribution in [-0.2, 0) is 16.4 Å². The Labute approximate surface area is 209 Å². The molecule has 0 atom stereocenters. The summed E-state index contributed by atoms with van der Waals surface area (Å²) in [5, 5.41) is 11.6. The van der Waals surface area contributed by atoms with Crippen LogP contribution in [0, 0.1) is 24.0 Å². The van der Waals surface area contributed by atoms with E-state index in [1.54, 1.807) is 0 Å². The van der Waals surface area contributed by atoms with Gasteiger partial charge in [0.2, 0.25) is 10.0 Å². The lowest BCUT2D eigenvalue weighted by atomic mass is 10.0. The van der Waals surface area contributed by atoms with Crippen molar-refractivity contribution in [3.05, 3.63) is 86.3 Å². The number of aromatic nitrogens is 2. The molecule has 0 spiro atoms. The third kappa shape index (κ3) is 5.61. The molecule has 0 N–H and O–H groups in total. The molecule has 0 bridgehead atoms. The molecule has 0 aliphatic carbocycles. The molecule has 3 aromatic rings. The van der Waals surface area contributed by atoms with Gasteiger partial charge in [0.25, 0.3) is 5.69 Å². The summed E-state index contributed by atoms with van der Waals surface area (Å²) in [5.41, 5.74) is 2.84. The van der Waals surface area contributed by atoms with Gasteiger partial charge in [0.15, 0.2) is 0 Å². The second-order valence-electron chi connectivity index (χ2n) is 8.46. The quantitative estimate of drug-likeness (QED) is 0.358. The van der Waals surface area contributed by atoms with E-state index >= 15 is 0 Å². The van der Waals surface area contributed by atoms with E-state index in [9.17, 15) is 18.5 Å². The predicted octanol–water partition coefficient (Wildman–Crippen LogP) is 4.15. The average molecular weight is 516 g/mol. The molecule has 0 amide bonds. The monoisotopic (exact) mass is 515 g/mol. The van der Waals surface area contributed by atoms with Crippen molar-refractivity contribution in [2.45, 2.75) is 31.6 Å². The van der Waals surface area contributed by atoms with Crippen LogP contribution in [0.4, 0.5) is 11.5 Å². The minimum Gasteiger partial charge on any atom is -0.355 e. The molecule has 0 unspecified atom stereocenters. The van der Waals surface area contributed by atoms with Crippen molar-refractivity contribution in [3.63, 3.8) is 0 Å². The van der Waals surface area contributed by atoms with Gasteiger partial charge >= 0.3 is 0 Å². The summed E-state index contributed by atoms with van der Waals surface area (Å²) in [4.78, 5) is 21.8. The number of rotatable bonds is 6. The third-order valence-corrected chi connectivity index (χ3v) is 8.20. The molecule has 0 saturated carbocycles. The van der Waals surface area contributed by atoms with Crippen LogP contribution < -0.4 is 4.90 Å². The zero-order valence-electron chi connectivity index (χ0n) is 19.5. The largest absolute Gasteiger partial charge is 0.355 e. The SMILES string of the molecule is Cc1nc(C)c(Cc2ccc(Cl)cc2)c(N2CCCN(S(=O)(=O)c3ccc([N+](=O)[O-])cc3)CC2)n1. The van der Waals surface area contributed by atoms with E-state index in [4.69, 9.17) is 16.6 Å². The normalized spacial score (nSPS) is 15.1. The smallest absolute Gasteiger partial charge is 0.269 e. The number of non-ortho nitro benzene ring substituents is 1. The first kappa shape index (κ1) is 25.0. The predicted molar refractivity (Wildman–Crippen MR) is 134 cm³/mol. The van der Waals surface area contributed by atoms with Gasteiger partial charge in [-0.1, -0.05) is 23.7 Å². The molecule has 1 aromatic heterocycles. The number of benzene rings is 2. The number of nitrogens with zero attached hydrogens (tertiary/aromatic N) is 5. The molecule has 9 nitrogen and oxygen atoms in total. The summed E-state index contributed by atoms with van der Waals surface area (Å²) in [6, 6.07) is 12.7. The lowest BCUT2D eigenvalue weighted by Gasteiger charge is -2.26. The highest BCUT2D eigenvalue weighted by Gasteiger charge is 2.29. The molecule has 11 heteroatoms. The van der Waals surface area contributed by atoms with E-state index in [1.807, 2.05) is 38.1 Å². The zero-order chi connectivity index (χ0) is 25.2. The lowest BCUT2D eigenvalue weighted by Crippen LogP contribution is -2.35. The highest BCUT2D eigenvalue weighted by atomic mass is 35.5. The third-order valence-electron chi connectivity index (χ3n) is 6.04. The molecule has 184 valence electrons. The molecular weight excluding hydrogens is 490 g/mol. The molecule has 35 heavy (non-hydrogen) atoms. The summed E-state index contributed by atoms with van der Waals surface area (Å²) in [7, 11) is -3.77. The Morgan fingerprint density at radius 3 is 2.31 bits per heavy atom. The van der Waals surface area contributed by atoms with E-state index in [1.165, 1.54) is 28.6 Å². The van der Waals surface area contributed by atoms with E-state index in [-0.39, 0.29) is 17.1 Å². The van der Waals surface area contributed by atoms with Gasteiger partial charge in [0.1, 0.15) is 11.6 Å². The molecule has 1 aliphatic rings. The van der Waals surface area contributed by atoms with E-state index < -0.39 is 14.9 Å². The number of sulfonamides is 1. The van der Waals surface area contributed by atoms with Gasteiger partial charge in [-0.25, -0.2) is 18.4 Å². The second-order valence-corrected chi connectivity index (χ2v) is 10.8. The number of hydrogen-bond acceptors (Lipinski definition) is 7. The van der Waals surface area contributed by atoms with Crippen LogP contribution in [0.2, 0.25) is 5.02 Å². The Hall–Kier alpha value is -3.08. The standard InChI is InChI=1S/C24H26ClN5O4S/c1-17-23(16-19-4-6-20(25)7-5-19)24(27-18(2)26-17)28-12-3-13-29(15-14-28)35(33,34)22-10-8-21(9-11-22)30(31)32/h4-11H,3,12-16H2,1-2H3. The molecule has 4 rings (SSSR count). The molecule has 1 saturated heterocycles. The van der Waals surface area contributed by atoms with Crippen molar-refractivity contribution >= 4 is 33.1 Å². The minimum atomic E-state index is -3.77. The van der Waals surface area contributed by atoms with Gasteiger partial charge < -0.3 is 4.90 Å². The number of anilines is 1. The summed E-state index contributed by atoms with van der Waals surface area (Å²) >= 11 is 6.04. The lowest BCUT2D eigenvalue weighted by molar-refractivity contribution is -0.384. The number of hydrogen-bond donors (Lipinski definition) is 0. The summed E-state index contributed by atoms with van der Waals surface area (Å²) in [6.07, 6.45) is 1.26. The number of halogens is 1. The van der Waals surface area contributed by atoms with E-state index in [0.717, 1.165) is 22.6 Å². The maximum Gasteiger partial charge on any atom is 0.269 e. The van der Waals surface area contributed by atoms with Crippen LogP contribution in [0.1, 0.15) is 29.1 Å². The van der Waals surface area contributed by atoms with Gasteiger partial charge in [-0.05, 0) is 50.1 Å². The van der Waals surface area contributed by atoms with Crippen molar-refractivity contribution in [1.29, 1.82) is 0 Å². The Kier molecular flexibility index (Phi) is 7.34. The fourth-order valence-corrected chi connectivity index (χ4v) is 5.82. The van der Waals surface area contributed by atoms with Crippen LogP contribution in [0.15, 0.2) is 53.4 Å². The second kappa shape index (κ2) is 10.3. The van der Waals surface area contributed by atoms with Crippen molar-refractivity contribution in [1.82, 2.24) is 14.3 Å². The topological polar surface area (TPSA) is 110 Å². The highest BCUT2D eigenvalue weighted by molar-refractivity contribution is 7.89. The van der Waals surface area contributed by atoms with Crippen molar-refractivity contribution in [3.8, 4) is 0 Å². The fourth-order valence-electron chi connectivity index (χ4n) is 4.23. The molecule has 1 aliphatic heterocycles.